The fourth-order valence-corrected chi connectivity index (χ4v) is 3.08. The lowest BCUT2D eigenvalue weighted by Gasteiger charge is -2.23. The molecule has 2 heterocycles. The van der Waals surface area contributed by atoms with Gasteiger partial charge in [-0.2, -0.15) is 0 Å². The minimum atomic E-state index is 0.583. The Kier molecular flexibility index (Phi) is 2.44. The molecule has 0 fully saturated rings. The van der Waals surface area contributed by atoms with Crippen molar-refractivity contribution >= 4 is 5.65 Å². The second-order valence-electron chi connectivity index (χ2n) is 5.36. The highest BCUT2D eigenvalue weighted by molar-refractivity contribution is 5.47. The normalized spacial score (nSPS) is 23.9. The molecule has 3 nitrogen and oxygen atoms in total. The summed E-state index contributed by atoms with van der Waals surface area (Å²) in [4.78, 5) is 4.77. The molecule has 2 aromatic heterocycles. The molecule has 0 saturated carbocycles. The van der Waals surface area contributed by atoms with E-state index in [0.29, 0.717) is 12.5 Å². The fraction of sp³-hybridized carbons (Fsp3) is 0.500. The van der Waals surface area contributed by atoms with Crippen LogP contribution >= 0.6 is 0 Å². The van der Waals surface area contributed by atoms with E-state index in [1.165, 1.54) is 17.8 Å². The monoisotopic (exact) mass is 229 g/mol. The maximum absolute atomic E-state index is 5.68. The first-order valence-electron chi connectivity index (χ1n) is 6.39. The van der Waals surface area contributed by atoms with E-state index in [0.717, 1.165) is 23.5 Å². The molecule has 0 radical (unpaired) electrons. The molecule has 0 aliphatic heterocycles. The molecule has 17 heavy (non-hydrogen) atoms. The van der Waals surface area contributed by atoms with Crippen molar-refractivity contribution in [2.45, 2.75) is 39.2 Å². The summed E-state index contributed by atoms with van der Waals surface area (Å²) < 4.78 is 2.24. The summed E-state index contributed by atoms with van der Waals surface area (Å²) >= 11 is 0. The number of rotatable bonds is 1. The maximum atomic E-state index is 5.68. The van der Waals surface area contributed by atoms with Crippen molar-refractivity contribution in [2.75, 3.05) is 0 Å². The third-order valence-corrected chi connectivity index (χ3v) is 3.80. The molecule has 0 spiro atoms. The van der Waals surface area contributed by atoms with Gasteiger partial charge in [-0.05, 0) is 42.4 Å². The second kappa shape index (κ2) is 3.84. The van der Waals surface area contributed by atoms with Crippen molar-refractivity contribution in [3.8, 4) is 0 Å². The van der Waals surface area contributed by atoms with Crippen LogP contribution in [-0.4, -0.2) is 9.38 Å². The quantitative estimate of drug-likeness (QED) is 0.816. The van der Waals surface area contributed by atoms with Gasteiger partial charge in [0.05, 0.1) is 5.69 Å². The van der Waals surface area contributed by atoms with Crippen LogP contribution in [0.25, 0.3) is 5.65 Å². The number of hydrogen-bond acceptors (Lipinski definition) is 2. The highest BCUT2D eigenvalue weighted by Gasteiger charge is 2.26. The Labute approximate surface area is 102 Å². The number of fused-ring (bicyclic) bond motifs is 3. The van der Waals surface area contributed by atoms with Gasteiger partial charge in [-0.1, -0.05) is 13.8 Å². The lowest BCUT2D eigenvalue weighted by molar-refractivity contribution is 0.437. The molecule has 1 aliphatic rings. The van der Waals surface area contributed by atoms with Crippen LogP contribution in [0.2, 0.25) is 0 Å². The van der Waals surface area contributed by atoms with Crippen LogP contribution in [0.5, 0.6) is 0 Å². The van der Waals surface area contributed by atoms with Crippen LogP contribution in [0.3, 0.4) is 0 Å². The van der Waals surface area contributed by atoms with Crippen LogP contribution in [0, 0.1) is 5.92 Å². The van der Waals surface area contributed by atoms with E-state index < -0.39 is 0 Å². The number of imidazole rings is 1. The topological polar surface area (TPSA) is 43.3 Å². The molecule has 90 valence electrons. The van der Waals surface area contributed by atoms with Crippen molar-refractivity contribution in [1.82, 2.24) is 9.38 Å². The van der Waals surface area contributed by atoms with Crippen LogP contribution in [-0.2, 0) is 13.0 Å². The molecule has 3 heteroatoms. The van der Waals surface area contributed by atoms with Crippen molar-refractivity contribution in [2.24, 2.45) is 11.7 Å². The minimum Gasteiger partial charge on any atom is -0.326 e. The van der Waals surface area contributed by atoms with Crippen molar-refractivity contribution in [3.63, 3.8) is 0 Å². The van der Waals surface area contributed by atoms with Crippen LogP contribution in [0.1, 0.15) is 43.1 Å². The Morgan fingerprint density at radius 2 is 2.29 bits per heavy atom. The fourth-order valence-electron chi connectivity index (χ4n) is 3.08. The molecule has 0 aromatic carbocycles. The van der Waals surface area contributed by atoms with Gasteiger partial charge < -0.3 is 10.1 Å². The molecule has 0 amide bonds. The van der Waals surface area contributed by atoms with E-state index in [1.54, 1.807) is 0 Å². The molecule has 2 N–H and O–H groups in total. The van der Waals surface area contributed by atoms with E-state index in [9.17, 15) is 0 Å². The SMILES string of the molecule is CC1Cc2nc3cc(CN)ccn3c2C(C)C1. The van der Waals surface area contributed by atoms with E-state index in [-0.39, 0.29) is 0 Å². The molecule has 0 saturated heterocycles. The molecule has 3 rings (SSSR count). The van der Waals surface area contributed by atoms with E-state index in [1.807, 2.05) is 0 Å². The van der Waals surface area contributed by atoms with Gasteiger partial charge in [0.25, 0.3) is 0 Å². The van der Waals surface area contributed by atoms with Crippen LogP contribution in [0.15, 0.2) is 18.3 Å². The van der Waals surface area contributed by atoms with E-state index >= 15 is 0 Å². The zero-order valence-electron chi connectivity index (χ0n) is 10.5. The van der Waals surface area contributed by atoms with Gasteiger partial charge in [0, 0.05) is 18.4 Å². The average Bonchev–Trinajstić information content (AvgIpc) is 2.65. The van der Waals surface area contributed by atoms with E-state index in [4.69, 9.17) is 10.7 Å². The first-order valence-corrected chi connectivity index (χ1v) is 6.39. The average molecular weight is 229 g/mol. The predicted octanol–water partition coefficient (Wildman–Crippen LogP) is 2.48. The Bertz CT molecular complexity index is 556. The summed E-state index contributed by atoms with van der Waals surface area (Å²) in [5.41, 5.74) is 10.6. The lowest BCUT2D eigenvalue weighted by Crippen LogP contribution is -2.15. The third kappa shape index (κ3) is 1.65. The maximum Gasteiger partial charge on any atom is 0.137 e. The minimum absolute atomic E-state index is 0.583. The summed E-state index contributed by atoms with van der Waals surface area (Å²) in [6.45, 7) is 5.20. The summed E-state index contributed by atoms with van der Waals surface area (Å²) in [6.07, 6.45) is 4.49. The summed E-state index contributed by atoms with van der Waals surface area (Å²) in [5, 5.41) is 0. The molecular weight excluding hydrogens is 210 g/mol. The van der Waals surface area contributed by atoms with Gasteiger partial charge in [-0.25, -0.2) is 4.98 Å². The molecule has 0 bridgehead atoms. The van der Waals surface area contributed by atoms with Gasteiger partial charge in [0.2, 0.25) is 0 Å². The molecule has 2 atom stereocenters. The molecule has 2 aromatic rings. The van der Waals surface area contributed by atoms with Crippen molar-refractivity contribution in [1.29, 1.82) is 0 Å². The molecule has 1 aliphatic carbocycles. The van der Waals surface area contributed by atoms with Gasteiger partial charge in [-0.15, -0.1) is 0 Å². The van der Waals surface area contributed by atoms with Crippen molar-refractivity contribution in [3.05, 3.63) is 35.3 Å². The number of pyridine rings is 1. The Hall–Kier alpha value is -1.35. The van der Waals surface area contributed by atoms with Crippen LogP contribution < -0.4 is 5.73 Å². The molecule has 2 unspecified atom stereocenters. The number of nitrogens with zero attached hydrogens (tertiary/aromatic N) is 2. The predicted molar refractivity (Wildman–Crippen MR) is 69.0 cm³/mol. The Morgan fingerprint density at radius 3 is 3.06 bits per heavy atom. The van der Waals surface area contributed by atoms with E-state index in [2.05, 4.69) is 36.6 Å². The van der Waals surface area contributed by atoms with Gasteiger partial charge in [0.15, 0.2) is 0 Å². The Morgan fingerprint density at radius 1 is 1.47 bits per heavy atom. The lowest BCUT2D eigenvalue weighted by atomic mass is 9.84. The smallest absolute Gasteiger partial charge is 0.137 e. The number of aromatic nitrogens is 2. The van der Waals surface area contributed by atoms with Gasteiger partial charge in [-0.3, -0.25) is 0 Å². The van der Waals surface area contributed by atoms with Crippen molar-refractivity contribution < 1.29 is 0 Å². The number of hydrogen-bond donors (Lipinski definition) is 1. The first kappa shape index (κ1) is 10.8. The molecular formula is C14H19N3. The summed E-state index contributed by atoms with van der Waals surface area (Å²) in [7, 11) is 0. The first-order chi connectivity index (χ1) is 8.19. The van der Waals surface area contributed by atoms with Gasteiger partial charge in [0.1, 0.15) is 5.65 Å². The zero-order valence-corrected chi connectivity index (χ0v) is 10.5. The number of nitrogens with two attached hydrogens (primary N) is 1. The highest BCUT2D eigenvalue weighted by Crippen LogP contribution is 2.34. The van der Waals surface area contributed by atoms with Crippen LogP contribution in [0.4, 0.5) is 0 Å². The highest BCUT2D eigenvalue weighted by atomic mass is 15.0. The third-order valence-electron chi connectivity index (χ3n) is 3.80. The van der Waals surface area contributed by atoms with Gasteiger partial charge >= 0.3 is 0 Å². The second-order valence-corrected chi connectivity index (χ2v) is 5.36. The standard InChI is InChI=1S/C14H19N3/c1-9-5-10(2)14-12(6-9)16-13-7-11(8-15)3-4-17(13)14/h3-4,7,9-10H,5-6,8,15H2,1-2H3. The largest absolute Gasteiger partial charge is 0.326 e. The Balaban J connectivity index is 2.20. The summed E-state index contributed by atoms with van der Waals surface area (Å²) in [5.74, 6) is 1.35. The zero-order chi connectivity index (χ0) is 12.0. The summed E-state index contributed by atoms with van der Waals surface area (Å²) in [6, 6.07) is 4.20.